The molecule has 0 aliphatic carbocycles. The van der Waals surface area contributed by atoms with E-state index >= 15 is 0 Å². The molecule has 3 amide bonds. The van der Waals surface area contributed by atoms with Crippen LogP contribution in [-0.4, -0.2) is 75.9 Å². The van der Waals surface area contributed by atoms with Crippen LogP contribution in [0.1, 0.15) is 41.0 Å². The summed E-state index contributed by atoms with van der Waals surface area (Å²) in [6.45, 7) is 7.56. The predicted octanol–water partition coefficient (Wildman–Crippen LogP) is -2.07. The molecule has 0 radical (unpaired) electrons. The number of aliphatic hydroxyl groups excluding tert-OH is 2. The molecule has 0 spiro atoms. The van der Waals surface area contributed by atoms with Gasteiger partial charge in [-0.15, -0.1) is 0 Å². The molecule has 11 heteroatoms. The summed E-state index contributed by atoms with van der Waals surface area (Å²) >= 11 is 0. The number of carboxylic acid groups (broad SMARTS) is 1. The predicted molar refractivity (Wildman–Crippen MR) is 104 cm³/mol. The lowest BCUT2D eigenvalue weighted by Gasteiger charge is -2.28. The number of amides is 3. The summed E-state index contributed by atoms with van der Waals surface area (Å²) in [6, 6.07) is -4.91. The Morgan fingerprint density at radius 3 is 1.72 bits per heavy atom. The first-order valence-corrected chi connectivity index (χ1v) is 9.50. The molecule has 0 aromatic rings. The first-order valence-electron chi connectivity index (χ1n) is 9.50. The first-order chi connectivity index (χ1) is 13.3. The van der Waals surface area contributed by atoms with Crippen LogP contribution in [0.25, 0.3) is 0 Å². The number of nitrogens with two attached hydrogens (primary N) is 1. The van der Waals surface area contributed by atoms with Gasteiger partial charge in [0.25, 0.3) is 0 Å². The van der Waals surface area contributed by atoms with E-state index in [0.717, 1.165) is 0 Å². The lowest BCUT2D eigenvalue weighted by atomic mass is 9.99. The van der Waals surface area contributed by atoms with Crippen molar-refractivity contribution in [2.75, 3.05) is 6.61 Å². The molecule has 0 aliphatic rings. The molecular weight excluding hydrogens is 384 g/mol. The summed E-state index contributed by atoms with van der Waals surface area (Å²) in [6.07, 6.45) is -1.10. The third-order valence-corrected chi connectivity index (χ3v) is 4.16. The number of nitrogens with one attached hydrogen (secondary N) is 3. The van der Waals surface area contributed by atoms with E-state index in [1.54, 1.807) is 13.8 Å². The Morgan fingerprint density at radius 2 is 1.34 bits per heavy atom. The van der Waals surface area contributed by atoms with E-state index in [4.69, 9.17) is 10.8 Å². The summed E-state index contributed by atoms with van der Waals surface area (Å²) in [5.41, 5.74) is 5.39. The largest absolute Gasteiger partial charge is 0.480 e. The minimum Gasteiger partial charge on any atom is -0.480 e. The number of aliphatic carboxylic acids is 1. The fourth-order valence-corrected chi connectivity index (χ4v) is 2.48. The Hall–Kier alpha value is -2.24. The van der Waals surface area contributed by atoms with Gasteiger partial charge in [-0.3, -0.25) is 14.4 Å². The molecule has 168 valence electrons. The van der Waals surface area contributed by atoms with Crippen molar-refractivity contribution < 1.29 is 34.5 Å². The van der Waals surface area contributed by atoms with Crippen molar-refractivity contribution in [2.24, 2.45) is 17.6 Å². The maximum atomic E-state index is 12.6. The number of carbonyl (C=O) groups is 4. The lowest BCUT2D eigenvalue weighted by Crippen LogP contribution is -2.61. The molecule has 8 N–H and O–H groups in total. The van der Waals surface area contributed by atoms with Gasteiger partial charge in [0.1, 0.15) is 24.2 Å². The van der Waals surface area contributed by atoms with Gasteiger partial charge in [0.15, 0.2) is 0 Å². The number of carbonyl (C=O) groups excluding carboxylic acids is 3. The van der Waals surface area contributed by atoms with Crippen LogP contribution in [0.2, 0.25) is 0 Å². The van der Waals surface area contributed by atoms with Gasteiger partial charge in [-0.1, -0.05) is 27.7 Å². The summed E-state index contributed by atoms with van der Waals surface area (Å²) in [7, 11) is 0. The summed E-state index contributed by atoms with van der Waals surface area (Å²) in [5, 5.41) is 35.1. The van der Waals surface area contributed by atoms with E-state index in [0.29, 0.717) is 0 Å². The SMILES string of the molecule is CC(C)CC(NC(=O)C(NC(=O)C(NC(=O)C(N)CO)C(C)O)C(C)C)C(=O)O. The van der Waals surface area contributed by atoms with Gasteiger partial charge in [0.05, 0.1) is 12.7 Å². The van der Waals surface area contributed by atoms with Crippen molar-refractivity contribution in [1.82, 2.24) is 16.0 Å². The highest BCUT2D eigenvalue weighted by Gasteiger charge is 2.33. The van der Waals surface area contributed by atoms with E-state index in [1.807, 2.05) is 13.8 Å². The summed E-state index contributed by atoms with van der Waals surface area (Å²) in [4.78, 5) is 48.4. The highest BCUT2D eigenvalue weighted by Crippen LogP contribution is 2.08. The highest BCUT2D eigenvalue weighted by molar-refractivity contribution is 5.94. The second kappa shape index (κ2) is 12.3. The minimum atomic E-state index is -1.42. The van der Waals surface area contributed by atoms with Crippen LogP contribution >= 0.6 is 0 Å². The third-order valence-electron chi connectivity index (χ3n) is 4.16. The van der Waals surface area contributed by atoms with E-state index in [9.17, 15) is 29.4 Å². The van der Waals surface area contributed by atoms with Gasteiger partial charge < -0.3 is 37.0 Å². The van der Waals surface area contributed by atoms with Crippen molar-refractivity contribution in [1.29, 1.82) is 0 Å². The van der Waals surface area contributed by atoms with Crippen LogP contribution < -0.4 is 21.7 Å². The molecule has 0 aromatic carbocycles. The lowest BCUT2D eigenvalue weighted by molar-refractivity contribution is -0.143. The van der Waals surface area contributed by atoms with Crippen molar-refractivity contribution in [3.05, 3.63) is 0 Å². The third kappa shape index (κ3) is 9.20. The maximum Gasteiger partial charge on any atom is 0.326 e. The molecule has 0 saturated carbocycles. The van der Waals surface area contributed by atoms with Crippen LogP contribution in [-0.2, 0) is 19.2 Å². The molecule has 0 fully saturated rings. The summed E-state index contributed by atoms with van der Waals surface area (Å²) < 4.78 is 0. The zero-order valence-corrected chi connectivity index (χ0v) is 17.5. The zero-order valence-electron chi connectivity index (χ0n) is 17.5. The molecule has 0 saturated heterocycles. The maximum absolute atomic E-state index is 12.6. The van der Waals surface area contributed by atoms with Crippen LogP contribution in [0.5, 0.6) is 0 Å². The van der Waals surface area contributed by atoms with Gasteiger partial charge in [0, 0.05) is 0 Å². The van der Waals surface area contributed by atoms with Crippen LogP contribution in [0.3, 0.4) is 0 Å². The fourth-order valence-electron chi connectivity index (χ4n) is 2.48. The molecule has 0 bridgehead atoms. The standard InChI is InChI=1S/C18H34N4O7/c1-8(2)6-12(18(28)29)20-16(26)13(9(3)4)21-17(27)14(10(5)24)22-15(25)11(19)7-23/h8-14,23-24H,6-7,19H2,1-5H3,(H,20,26)(H,21,27)(H,22,25)(H,28,29). The Morgan fingerprint density at radius 1 is 0.862 bits per heavy atom. The fraction of sp³-hybridized carbons (Fsp3) is 0.778. The van der Waals surface area contributed by atoms with E-state index in [2.05, 4.69) is 16.0 Å². The number of hydrogen-bond acceptors (Lipinski definition) is 7. The zero-order chi connectivity index (χ0) is 22.9. The molecule has 29 heavy (non-hydrogen) atoms. The van der Waals surface area contributed by atoms with Crippen molar-refractivity contribution >= 4 is 23.7 Å². The normalized spacial score (nSPS) is 16.5. The Kier molecular flexibility index (Phi) is 11.4. The van der Waals surface area contributed by atoms with Crippen molar-refractivity contribution in [3.8, 4) is 0 Å². The molecule has 0 heterocycles. The van der Waals surface area contributed by atoms with Crippen LogP contribution in [0, 0.1) is 11.8 Å². The van der Waals surface area contributed by atoms with Gasteiger partial charge in [0.2, 0.25) is 17.7 Å². The number of hydrogen-bond donors (Lipinski definition) is 7. The van der Waals surface area contributed by atoms with E-state index in [1.165, 1.54) is 6.92 Å². The monoisotopic (exact) mass is 418 g/mol. The topological polar surface area (TPSA) is 191 Å². The molecule has 5 unspecified atom stereocenters. The van der Waals surface area contributed by atoms with Gasteiger partial charge in [-0.05, 0) is 25.2 Å². The summed E-state index contributed by atoms with van der Waals surface area (Å²) in [5.74, 6) is -3.95. The number of aliphatic hydroxyl groups is 2. The molecule has 0 aromatic heterocycles. The molecule has 11 nitrogen and oxygen atoms in total. The van der Waals surface area contributed by atoms with Gasteiger partial charge >= 0.3 is 5.97 Å². The second-order valence-electron chi connectivity index (χ2n) is 7.78. The number of carboxylic acids is 1. The number of rotatable bonds is 12. The average molecular weight is 418 g/mol. The van der Waals surface area contributed by atoms with Crippen LogP contribution in [0.4, 0.5) is 0 Å². The van der Waals surface area contributed by atoms with Gasteiger partial charge in [-0.25, -0.2) is 4.79 Å². The second-order valence-corrected chi connectivity index (χ2v) is 7.78. The smallest absolute Gasteiger partial charge is 0.326 e. The Balaban J connectivity index is 5.32. The Bertz CT molecular complexity index is 581. The molecule has 5 atom stereocenters. The first kappa shape index (κ1) is 26.8. The molecule has 0 rings (SSSR count). The Labute approximate surface area is 170 Å². The van der Waals surface area contributed by atoms with E-state index < -0.39 is 66.5 Å². The van der Waals surface area contributed by atoms with Crippen LogP contribution in [0.15, 0.2) is 0 Å². The minimum absolute atomic E-state index is 0.0223. The highest BCUT2D eigenvalue weighted by atomic mass is 16.4. The van der Waals surface area contributed by atoms with Gasteiger partial charge in [-0.2, -0.15) is 0 Å². The molecular formula is C18H34N4O7. The van der Waals surface area contributed by atoms with Crippen molar-refractivity contribution in [3.63, 3.8) is 0 Å². The quantitative estimate of drug-likeness (QED) is 0.188. The van der Waals surface area contributed by atoms with Crippen molar-refractivity contribution in [2.45, 2.75) is 71.3 Å². The average Bonchev–Trinajstić information content (AvgIpc) is 2.61. The molecule has 0 aliphatic heterocycles. The van der Waals surface area contributed by atoms with E-state index in [-0.39, 0.29) is 12.3 Å².